The molecule has 28 heavy (non-hydrogen) atoms. The number of benzene rings is 2. The van der Waals surface area contributed by atoms with Crippen LogP contribution in [0.1, 0.15) is 54.1 Å². The minimum absolute atomic E-state index is 0.124. The normalized spacial score (nSPS) is 14.0. The highest BCUT2D eigenvalue weighted by molar-refractivity contribution is 7.98. The molecule has 1 aliphatic heterocycles. The number of hydrogen-bond acceptors (Lipinski definition) is 3. The molecule has 1 saturated heterocycles. The molecule has 2 aromatic rings. The van der Waals surface area contributed by atoms with Crippen LogP contribution in [0.15, 0.2) is 47.4 Å². The Hall–Kier alpha value is -2.29. The zero-order chi connectivity index (χ0) is 20.5. The molecule has 2 aromatic carbocycles. The summed E-state index contributed by atoms with van der Waals surface area (Å²) < 4.78 is 0. The maximum Gasteiger partial charge on any atom is 0.254 e. The number of nitrogens with two attached hydrogens (primary N) is 1. The molecule has 2 N–H and O–H groups in total. The van der Waals surface area contributed by atoms with Crippen LogP contribution in [0.4, 0.5) is 5.69 Å². The molecule has 3 rings (SSSR count). The van der Waals surface area contributed by atoms with Gasteiger partial charge in [0.2, 0.25) is 0 Å². The zero-order valence-corrected chi connectivity index (χ0v) is 18.1. The van der Waals surface area contributed by atoms with Gasteiger partial charge in [0.15, 0.2) is 0 Å². The van der Waals surface area contributed by atoms with E-state index in [1.807, 2.05) is 68.3 Å². The number of rotatable bonds is 4. The van der Waals surface area contributed by atoms with Crippen LogP contribution < -0.4 is 5.32 Å². The second kappa shape index (κ2) is 10.9. The molecule has 1 fully saturated rings. The Morgan fingerprint density at radius 1 is 1.14 bits per heavy atom. The van der Waals surface area contributed by atoms with E-state index >= 15 is 0 Å². The summed E-state index contributed by atoms with van der Waals surface area (Å²) in [6.07, 6.45) is 3.98. The van der Waals surface area contributed by atoms with E-state index in [0.29, 0.717) is 11.5 Å². The number of nitrogens with zero attached hydrogens (tertiary/aromatic N) is 2. The van der Waals surface area contributed by atoms with Gasteiger partial charge in [-0.3, -0.25) is 4.79 Å². The monoisotopic (exact) mass is 396 g/mol. The number of quaternary nitrogens is 1. The first-order valence-electron chi connectivity index (χ1n) is 9.93. The molecule has 0 bridgehead atoms. The molecular weight excluding hydrogens is 366 g/mol. The van der Waals surface area contributed by atoms with Crippen LogP contribution >= 0.6 is 11.8 Å². The summed E-state index contributed by atoms with van der Waals surface area (Å²) in [6, 6.07) is 16.0. The topological polar surface area (TPSA) is 60.7 Å². The van der Waals surface area contributed by atoms with Crippen LogP contribution in [-0.4, -0.2) is 37.2 Å². The Bertz CT molecular complexity index is 819. The van der Waals surface area contributed by atoms with E-state index in [9.17, 15) is 4.79 Å². The second-order valence-corrected chi connectivity index (χ2v) is 7.39. The van der Waals surface area contributed by atoms with E-state index in [4.69, 9.17) is 5.26 Å². The molecule has 1 amide bonds. The molecule has 4 nitrogen and oxygen atoms in total. The predicted octanol–water partition coefficient (Wildman–Crippen LogP) is 4.15. The third kappa shape index (κ3) is 5.15. The van der Waals surface area contributed by atoms with Crippen LogP contribution in [-0.2, 0) is 0 Å². The van der Waals surface area contributed by atoms with Gasteiger partial charge >= 0.3 is 0 Å². The minimum atomic E-state index is 0.124. The van der Waals surface area contributed by atoms with Crippen molar-refractivity contribution in [3.05, 3.63) is 59.2 Å². The molecule has 148 valence electrons. The van der Waals surface area contributed by atoms with Crippen LogP contribution in [0.3, 0.4) is 0 Å². The maximum absolute atomic E-state index is 12.9. The van der Waals surface area contributed by atoms with Gasteiger partial charge in [0.25, 0.3) is 5.91 Å². The van der Waals surface area contributed by atoms with Gasteiger partial charge in [0, 0.05) is 24.7 Å². The Morgan fingerprint density at radius 2 is 1.79 bits per heavy atom. The summed E-state index contributed by atoms with van der Waals surface area (Å²) >= 11 is 1.70. The Morgan fingerprint density at radius 3 is 2.32 bits per heavy atom. The van der Waals surface area contributed by atoms with Crippen molar-refractivity contribution in [1.82, 2.24) is 4.90 Å². The number of thioether (sulfide) groups is 1. The number of hydrogen-bond donors (Lipinski definition) is 1. The lowest BCUT2D eigenvalue weighted by atomic mass is 9.89. The summed E-state index contributed by atoms with van der Waals surface area (Å²) in [5.41, 5.74) is 3.85. The van der Waals surface area contributed by atoms with Gasteiger partial charge in [-0.2, -0.15) is 5.26 Å². The molecule has 0 spiro atoms. The van der Waals surface area contributed by atoms with E-state index in [0.717, 1.165) is 37.2 Å². The number of likely N-dealkylation sites (tertiary alicyclic amines) is 1. The number of amides is 1. The summed E-state index contributed by atoms with van der Waals surface area (Å²) in [5.74, 6) is 0.587. The fourth-order valence-corrected chi connectivity index (χ4v) is 4.14. The van der Waals surface area contributed by atoms with Gasteiger partial charge in [-0.05, 0) is 54.8 Å². The first kappa shape index (κ1) is 22.0. The van der Waals surface area contributed by atoms with Crippen LogP contribution in [0.2, 0.25) is 0 Å². The van der Waals surface area contributed by atoms with Crippen molar-refractivity contribution in [3.8, 4) is 6.07 Å². The fourth-order valence-electron chi connectivity index (χ4n) is 3.52. The summed E-state index contributed by atoms with van der Waals surface area (Å²) in [5, 5.41) is 11.0. The number of nitriles is 1. The minimum Gasteiger partial charge on any atom is -0.339 e. The van der Waals surface area contributed by atoms with Gasteiger partial charge in [-0.1, -0.05) is 26.0 Å². The molecule has 1 aliphatic rings. The quantitative estimate of drug-likeness (QED) is 0.624. The molecule has 0 aliphatic carbocycles. The summed E-state index contributed by atoms with van der Waals surface area (Å²) in [7, 11) is 2.01. The molecule has 0 aromatic heterocycles. The second-order valence-electron chi connectivity index (χ2n) is 6.55. The van der Waals surface area contributed by atoms with Crippen LogP contribution in [0.25, 0.3) is 0 Å². The first-order valence-corrected chi connectivity index (χ1v) is 11.2. The van der Waals surface area contributed by atoms with E-state index < -0.39 is 0 Å². The first-order chi connectivity index (χ1) is 13.7. The van der Waals surface area contributed by atoms with Gasteiger partial charge in [0.05, 0.1) is 23.6 Å². The highest BCUT2D eigenvalue weighted by Crippen LogP contribution is 2.29. The third-order valence-corrected chi connectivity index (χ3v) is 5.89. The Labute approximate surface area is 172 Å². The van der Waals surface area contributed by atoms with Crippen molar-refractivity contribution in [1.29, 1.82) is 5.26 Å². The predicted molar refractivity (Wildman–Crippen MR) is 116 cm³/mol. The molecule has 0 atom stereocenters. The molecular formula is C23H30N3OS+. The van der Waals surface area contributed by atoms with Gasteiger partial charge in [-0.25, -0.2) is 0 Å². The van der Waals surface area contributed by atoms with Gasteiger partial charge < -0.3 is 10.2 Å². The van der Waals surface area contributed by atoms with Crippen molar-refractivity contribution in [2.24, 2.45) is 0 Å². The van der Waals surface area contributed by atoms with Crippen LogP contribution in [0, 0.1) is 11.3 Å². The maximum atomic E-state index is 12.9. The highest BCUT2D eigenvalue weighted by Gasteiger charge is 2.25. The molecule has 0 radical (unpaired) electrons. The third-order valence-electron chi connectivity index (χ3n) is 5.08. The lowest BCUT2D eigenvalue weighted by Gasteiger charge is -2.32. The van der Waals surface area contributed by atoms with E-state index in [1.54, 1.807) is 11.8 Å². The van der Waals surface area contributed by atoms with Crippen molar-refractivity contribution in [2.75, 3.05) is 26.4 Å². The average Bonchev–Trinajstić information content (AvgIpc) is 2.79. The summed E-state index contributed by atoms with van der Waals surface area (Å²) in [6.45, 7) is 5.55. The van der Waals surface area contributed by atoms with Crippen molar-refractivity contribution >= 4 is 23.4 Å². The molecule has 1 heterocycles. The standard InChI is InChI=1S/C21H23N3OS.C2H6/c1-23-19-13-18(7-8-20(19)26-2)21(25)24-11-9-17(10-12-24)16-5-3-15(14-22)4-6-16;1-2/h3-8,13,17,23H,9-12H2,1-2H3;1-2H3/p+1. The smallest absolute Gasteiger partial charge is 0.254 e. The van der Waals surface area contributed by atoms with Gasteiger partial charge in [0.1, 0.15) is 5.69 Å². The Kier molecular flexibility index (Phi) is 8.56. The largest absolute Gasteiger partial charge is 0.339 e. The van der Waals surface area contributed by atoms with Crippen LogP contribution in [0.5, 0.6) is 0 Å². The molecule has 0 unspecified atom stereocenters. The lowest BCUT2D eigenvalue weighted by molar-refractivity contribution is -0.541. The summed E-state index contributed by atoms with van der Waals surface area (Å²) in [4.78, 5) is 16.0. The SMILES string of the molecule is CC.C[NH2+]c1cc(C(=O)N2CCC(c3ccc(C#N)cc3)CC2)ccc1SC. The number of carbonyl (C=O) groups is 1. The van der Waals surface area contributed by atoms with Crippen molar-refractivity contribution in [2.45, 2.75) is 37.5 Å². The highest BCUT2D eigenvalue weighted by atomic mass is 32.2. The van der Waals surface area contributed by atoms with E-state index in [2.05, 4.69) is 17.6 Å². The van der Waals surface area contributed by atoms with Crippen molar-refractivity contribution < 1.29 is 10.1 Å². The van der Waals surface area contributed by atoms with E-state index in [-0.39, 0.29) is 5.91 Å². The molecule has 5 heteroatoms. The van der Waals surface area contributed by atoms with Gasteiger partial charge in [-0.15, -0.1) is 11.8 Å². The number of carbonyl (C=O) groups excluding carboxylic acids is 1. The number of piperidine rings is 1. The van der Waals surface area contributed by atoms with Crippen molar-refractivity contribution in [3.63, 3.8) is 0 Å². The molecule has 0 saturated carbocycles. The zero-order valence-electron chi connectivity index (χ0n) is 17.2. The fraction of sp³-hybridized carbons (Fsp3) is 0.391. The lowest BCUT2D eigenvalue weighted by Crippen LogP contribution is -2.73. The van der Waals surface area contributed by atoms with E-state index in [1.165, 1.54) is 10.5 Å². The Balaban J connectivity index is 0.00000136. The average molecular weight is 397 g/mol.